The summed E-state index contributed by atoms with van der Waals surface area (Å²) in [7, 11) is 1.65. The first-order valence-corrected chi connectivity index (χ1v) is 7.79. The van der Waals surface area contributed by atoms with Crippen molar-refractivity contribution >= 4 is 5.91 Å². The van der Waals surface area contributed by atoms with E-state index in [-0.39, 0.29) is 12.0 Å². The summed E-state index contributed by atoms with van der Waals surface area (Å²) in [6.45, 7) is 3.76. The molecule has 2 aromatic carbocycles. The highest BCUT2D eigenvalue weighted by Crippen LogP contribution is 2.25. The fourth-order valence-electron chi connectivity index (χ4n) is 2.73. The summed E-state index contributed by atoms with van der Waals surface area (Å²) >= 11 is 0. The molecule has 0 radical (unpaired) electrons. The van der Waals surface area contributed by atoms with E-state index in [1.54, 1.807) is 7.11 Å². The fraction of sp³-hybridized carbons (Fsp3) is 0.316. The van der Waals surface area contributed by atoms with Gasteiger partial charge in [0.05, 0.1) is 20.3 Å². The van der Waals surface area contributed by atoms with Crippen LogP contribution >= 0.6 is 0 Å². The van der Waals surface area contributed by atoms with E-state index in [0.29, 0.717) is 19.7 Å². The number of amides is 1. The number of morpholine rings is 1. The molecule has 1 saturated heterocycles. The van der Waals surface area contributed by atoms with Crippen molar-refractivity contribution in [1.29, 1.82) is 0 Å². The number of aryl methyl sites for hydroxylation is 1. The summed E-state index contributed by atoms with van der Waals surface area (Å²) in [6.07, 6.45) is -0.0935. The second kappa shape index (κ2) is 6.84. The van der Waals surface area contributed by atoms with Crippen LogP contribution in [0.2, 0.25) is 0 Å². The van der Waals surface area contributed by atoms with Gasteiger partial charge in [0.1, 0.15) is 11.9 Å². The Morgan fingerprint density at radius 3 is 2.48 bits per heavy atom. The Balaban J connectivity index is 1.72. The first kappa shape index (κ1) is 15.6. The highest BCUT2D eigenvalue weighted by molar-refractivity contribution is 5.94. The fourth-order valence-corrected chi connectivity index (χ4v) is 2.73. The lowest BCUT2D eigenvalue weighted by Crippen LogP contribution is -2.42. The quantitative estimate of drug-likeness (QED) is 0.873. The van der Waals surface area contributed by atoms with Crippen LogP contribution in [0.3, 0.4) is 0 Å². The second-order valence-electron chi connectivity index (χ2n) is 5.75. The van der Waals surface area contributed by atoms with E-state index in [2.05, 4.69) is 0 Å². The lowest BCUT2D eigenvalue weighted by Gasteiger charge is -2.33. The normalized spacial score (nSPS) is 17.8. The minimum atomic E-state index is -0.0935. The number of ether oxygens (including phenoxy) is 2. The van der Waals surface area contributed by atoms with Crippen LogP contribution in [-0.2, 0) is 4.74 Å². The van der Waals surface area contributed by atoms with Gasteiger partial charge >= 0.3 is 0 Å². The van der Waals surface area contributed by atoms with E-state index >= 15 is 0 Å². The van der Waals surface area contributed by atoms with Crippen LogP contribution in [0.15, 0.2) is 48.5 Å². The summed E-state index contributed by atoms with van der Waals surface area (Å²) in [4.78, 5) is 14.5. The molecular formula is C19H21NO3. The van der Waals surface area contributed by atoms with Crippen LogP contribution in [-0.4, -0.2) is 37.6 Å². The third-order valence-corrected chi connectivity index (χ3v) is 4.14. The minimum Gasteiger partial charge on any atom is -0.497 e. The monoisotopic (exact) mass is 311 g/mol. The average Bonchev–Trinajstić information content (AvgIpc) is 2.62. The maximum Gasteiger partial charge on any atom is 0.254 e. The molecule has 2 aromatic rings. The van der Waals surface area contributed by atoms with Gasteiger partial charge in [-0.2, -0.15) is 0 Å². The van der Waals surface area contributed by atoms with Gasteiger partial charge in [-0.15, -0.1) is 0 Å². The summed E-state index contributed by atoms with van der Waals surface area (Å²) in [6, 6.07) is 15.5. The van der Waals surface area contributed by atoms with Crippen LogP contribution in [0.1, 0.15) is 27.6 Å². The summed E-state index contributed by atoms with van der Waals surface area (Å²) in [5.41, 5.74) is 2.94. The molecule has 0 aromatic heterocycles. The zero-order valence-corrected chi connectivity index (χ0v) is 13.5. The molecule has 4 nitrogen and oxygen atoms in total. The van der Waals surface area contributed by atoms with E-state index in [4.69, 9.17) is 9.47 Å². The lowest BCUT2D eigenvalue weighted by molar-refractivity contribution is -0.0228. The van der Waals surface area contributed by atoms with Gasteiger partial charge in [-0.3, -0.25) is 4.79 Å². The van der Waals surface area contributed by atoms with Gasteiger partial charge in [-0.1, -0.05) is 29.8 Å². The molecule has 1 aliphatic heterocycles. The first-order chi connectivity index (χ1) is 11.2. The number of benzene rings is 2. The highest BCUT2D eigenvalue weighted by atomic mass is 16.5. The van der Waals surface area contributed by atoms with Crippen molar-refractivity contribution in [1.82, 2.24) is 4.90 Å². The lowest BCUT2D eigenvalue weighted by atomic mass is 10.1. The number of nitrogens with zero attached hydrogens (tertiary/aromatic N) is 1. The Labute approximate surface area is 136 Å². The molecule has 4 heteroatoms. The molecule has 1 amide bonds. The Hall–Kier alpha value is -2.33. The molecule has 3 rings (SSSR count). The number of rotatable bonds is 3. The van der Waals surface area contributed by atoms with Gasteiger partial charge in [-0.05, 0) is 36.8 Å². The number of carbonyl (C=O) groups excluding carboxylic acids is 1. The molecule has 0 N–H and O–H groups in total. The van der Waals surface area contributed by atoms with Gasteiger partial charge in [0, 0.05) is 12.1 Å². The largest absolute Gasteiger partial charge is 0.497 e. The molecule has 0 bridgehead atoms. The minimum absolute atomic E-state index is 0.0619. The molecule has 0 saturated carbocycles. The van der Waals surface area contributed by atoms with E-state index in [9.17, 15) is 4.79 Å². The number of hydrogen-bond donors (Lipinski definition) is 0. The first-order valence-electron chi connectivity index (χ1n) is 7.79. The Bertz CT molecular complexity index is 664. The predicted octanol–water partition coefficient (Wildman–Crippen LogP) is 3.22. The molecule has 0 aliphatic carbocycles. The zero-order valence-electron chi connectivity index (χ0n) is 13.5. The van der Waals surface area contributed by atoms with Crippen molar-refractivity contribution in [3.8, 4) is 5.75 Å². The Kier molecular flexibility index (Phi) is 4.63. The van der Waals surface area contributed by atoms with E-state index in [1.165, 1.54) is 0 Å². The Morgan fingerprint density at radius 2 is 1.83 bits per heavy atom. The molecule has 1 unspecified atom stereocenters. The molecule has 1 aliphatic rings. The highest BCUT2D eigenvalue weighted by Gasteiger charge is 2.26. The van der Waals surface area contributed by atoms with Crippen molar-refractivity contribution in [2.75, 3.05) is 26.8 Å². The van der Waals surface area contributed by atoms with E-state index < -0.39 is 0 Å². The third-order valence-electron chi connectivity index (χ3n) is 4.14. The van der Waals surface area contributed by atoms with E-state index in [1.807, 2.05) is 60.4 Å². The number of hydrogen-bond acceptors (Lipinski definition) is 3. The van der Waals surface area contributed by atoms with Crippen LogP contribution in [0, 0.1) is 6.92 Å². The molecule has 1 fully saturated rings. The summed E-state index contributed by atoms with van der Waals surface area (Å²) in [5.74, 6) is 0.879. The topological polar surface area (TPSA) is 38.8 Å². The van der Waals surface area contributed by atoms with Crippen molar-refractivity contribution in [2.24, 2.45) is 0 Å². The van der Waals surface area contributed by atoms with Crippen molar-refractivity contribution in [3.05, 3.63) is 65.2 Å². The van der Waals surface area contributed by atoms with Gasteiger partial charge in [-0.25, -0.2) is 0 Å². The molecule has 120 valence electrons. The van der Waals surface area contributed by atoms with Gasteiger partial charge in [0.2, 0.25) is 0 Å². The van der Waals surface area contributed by atoms with Crippen LogP contribution in [0.4, 0.5) is 0 Å². The SMILES string of the molecule is COc1ccc(C2CN(C(=O)c3ccc(C)cc3)CCO2)cc1. The van der Waals surface area contributed by atoms with Crippen molar-refractivity contribution in [2.45, 2.75) is 13.0 Å². The van der Waals surface area contributed by atoms with Crippen LogP contribution in [0.25, 0.3) is 0 Å². The summed E-state index contributed by atoms with van der Waals surface area (Å²) < 4.78 is 11.0. The van der Waals surface area contributed by atoms with Gasteiger partial charge in [0.15, 0.2) is 0 Å². The van der Waals surface area contributed by atoms with Crippen molar-refractivity contribution < 1.29 is 14.3 Å². The van der Waals surface area contributed by atoms with E-state index in [0.717, 1.165) is 22.4 Å². The van der Waals surface area contributed by atoms with Crippen LogP contribution < -0.4 is 4.74 Å². The second-order valence-corrected chi connectivity index (χ2v) is 5.75. The smallest absolute Gasteiger partial charge is 0.254 e. The average molecular weight is 311 g/mol. The van der Waals surface area contributed by atoms with Crippen molar-refractivity contribution in [3.63, 3.8) is 0 Å². The summed E-state index contributed by atoms with van der Waals surface area (Å²) in [5, 5.41) is 0. The molecular weight excluding hydrogens is 290 g/mol. The maximum atomic E-state index is 12.6. The maximum absolute atomic E-state index is 12.6. The molecule has 1 atom stereocenters. The van der Waals surface area contributed by atoms with Crippen LogP contribution in [0.5, 0.6) is 5.75 Å². The third kappa shape index (κ3) is 3.54. The molecule has 0 spiro atoms. The molecule has 1 heterocycles. The number of methoxy groups -OCH3 is 1. The standard InChI is InChI=1S/C19H21NO3/c1-14-3-5-16(6-4-14)19(21)20-11-12-23-18(13-20)15-7-9-17(22-2)10-8-15/h3-10,18H,11-13H2,1-2H3. The predicted molar refractivity (Wildman–Crippen MR) is 88.8 cm³/mol. The Morgan fingerprint density at radius 1 is 1.13 bits per heavy atom. The zero-order chi connectivity index (χ0) is 16.2. The number of carbonyl (C=O) groups is 1. The van der Waals surface area contributed by atoms with Gasteiger partial charge < -0.3 is 14.4 Å². The van der Waals surface area contributed by atoms with Gasteiger partial charge in [0.25, 0.3) is 5.91 Å². The molecule has 23 heavy (non-hydrogen) atoms.